The Morgan fingerprint density at radius 1 is 1.29 bits per heavy atom. The van der Waals surface area contributed by atoms with Crippen molar-refractivity contribution in [1.29, 1.82) is 0 Å². The van der Waals surface area contributed by atoms with Crippen molar-refractivity contribution >= 4 is 17.8 Å². The van der Waals surface area contributed by atoms with Gasteiger partial charge in [-0.25, -0.2) is 27.9 Å². The highest BCUT2D eigenvalue weighted by molar-refractivity contribution is 6.02. The summed E-state index contributed by atoms with van der Waals surface area (Å²) in [5.41, 5.74) is -0.861. The number of alkyl halides is 2. The van der Waals surface area contributed by atoms with Crippen LogP contribution < -0.4 is 5.32 Å². The second-order valence-corrected chi connectivity index (χ2v) is 8.69. The van der Waals surface area contributed by atoms with Crippen LogP contribution in [0.1, 0.15) is 24.7 Å². The van der Waals surface area contributed by atoms with Crippen molar-refractivity contribution in [2.75, 3.05) is 20.2 Å². The molecule has 186 valence electrons. The highest BCUT2D eigenvalue weighted by Gasteiger charge is 2.50. The Kier molecular flexibility index (Phi) is 6.18. The van der Waals surface area contributed by atoms with Gasteiger partial charge in [-0.1, -0.05) is 12.1 Å². The fraction of sp³-hybridized carbons (Fsp3) is 0.391. The summed E-state index contributed by atoms with van der Waals surface area (Å²) in [4.78, 5) is 34.9. The first-order valence-electron chi connectivity index (χ1n) is 10.7. The van der Waals surface area contributed by atoms with Crippen molar-refractivity contribution in [3.05, 3.63) is 65.1 Å². The van der Waals surface area contributed by atoms with E-state index in [1.54, 1.807) is 24.7 Å². The van der Waals surface area contributed by atoms with Crippen molar-refractivity contribution in [3.63, 3.8) is 0 Å². The molecule has 2 atom stereocenters. The molecule has 0 amide bonds. The summed E-state index contributed by atoms with van der Waals surface area (Å²) >= 11 is 0. The number of benzene rings is 1. The second kappa shape index (κ2) is 8.84. The fourth-order valence-electron chi connectivity index (χ4n) is 4.53. The number of carbonyl (C=O) groups excluding carboxylic acids is 1. The van der Waals surface area contributed by atoms with E-state index in [9.17, 15) is 27.9 Å². The molecule has 0 radical (unpaired) electrons. The lowest BCUT2D eigenvalue weighted by Gasteiger charge is -2.36. The van der Waals surface area contributed by atoms with Gasteiger partial charge < -0.3 is 19.7 Å². The lowest BCUT2D eigenvalue weighted by molar-refractivity contribution is -0.142. The van der Waals surface area contributed by atoms with Gasteiger partial charge in [-0.05, 0) is 24.6 Å². The molecule has 0 saturated carbocycles. The molecule has 0 aliphatic carbocycles. The summed E-state index contributed by atoms with van der Waals surface area (Å²) in [6.45, 7) is 0.493. The molecule has 2 aliphatic heterocycles. The van der Waals surface area contributed by atoms with Crippen LogP contribution in [-0.4, -0.2) is 69.5 Å². The molecule has 3 heterocycles. The van der Waals surface area contributed by atoms with Gasteiger partial charge in [-0.3, -0.25) is 9.69 Å². The SMILES string of the molecule is COC(=O)C1=C(CN2CC(F)(F)CC2C(=O)O)NC(c2nccn2C)=NC1(C)c1ccc(F)cc1. The van der Waals surface area contributed by atoms with Crippen LogP contribution in [0.15, 0.2) is 52.9 Å². The minimum atomic E-state index is -3.21. The normalized spacial score (nSPS) is 24.2. The minimum absolute atomic E-state index is 0.0103. The fourth-order valence-corrected chi connectivity index (χ4v) is 4.53. The van der Waals surface area contributed by atoms with E-state index in [1.165, 1.54) is 37.6 Å². The number of hydrogen-bond donors (Lipinski definition) is 2. The van der Waals surface area contributed by atoms with E-state index in [1.807, 2.05) is 0 Å². The Bertz CT molecular complexity index is 1220. The first-order chi connectivity index (χ1) is 16.4. The number of imidazole rings is 1. The molecular formula is C23H24F3N5O4. The van der Waals surface area contributed by atoms with Crippen molar-refractivity contribution in [2.45, 2.75) is 30.8 Å². The molecule has 2 aromatic rings. The molecule has 2 N–H and O–H groups in total. The Balaban J connectivity index is 1.89. The summed E-state index contributed by atoms with van der Waals surface area (Å²) < 4.78 is 48.7. The van der Waals surface area contributed by atoms with Crippen LogP contribution in [0, 0.1) is 5.82 Å². The van der Waals surface area contributed by atoms with Gasteiger partial charge in [0.1, 0.15) is 17.4 Å². The number of aryl methyl sites for hydroxylation is 1. The Labute approximate surface area is 198 Å². The lowest BCUT2D eigenvalue weighted by Crippen LogP contribution is -2.47. The van der Waals surface area contributed by atoms with Crippen molar-refractivity contribution < 1.29 is 32.6 Å². The van der Waals surface area contributed by atoms with Gasteiger partial charge in [0.2, 0.25) is 0 Å². The summed E-state index contributed by atoms with van der Waals surface area (Å²) in [5.74, 6) is -5.27. The molecule has 12 heteroatoms. The third kappa shape index (κ3) is 4.53. The predicted molar refractivity (Wildman–Crippen MR) is 118 cm³/mol. The number of rotatable bonds is 6. The van der Waals surface area contributed by atoms with E-state index in [4.69, 9.17) is 9.73 Å². The number of carbonyl (C=O) groups is 2. The van der Waals surface area contributed by atoms with Gasteiger partial charge in [-0.2, -0.15) is 0 Å². The molecule has 4 rings (SSSR count). The Hall–Kier alpha value is -3.67. The number of carboxylic acids is 1. The van der Waals surface area contributed by atoms with Gasteiger partial charge in [-0.15, -0.1) is 0 Å². The number of halogens is 3. The summed E-state index contributed by atoms with van der Waals surface area (Å²) in [7, 11) is 2.89. The van der Waals surface area contributed by atoms with Crippen LogP contribution in [0.3, 0.4) is 0 Å². The van der Waals surface area contributed by atoms with Crippen LogP contribution in [0.4, 0.5) is 13.2 Å². The standard InChI is InChI=1S/C23H24F3N5O4/c1-22(13-4-6-14(24)7-5-13)17(21(34)35-3)15(28-18(29-22)19-27-8-9-30(19)2)11-31-12-23(25,26)10-16(31)20(32)33/h4-9,16H,10-12H2,1-3H3,(H,28,29)(H,32,33). The number of ether oxygens (including phenoxy) is 1. The van der Waals surface area contributed by atoms with Crippen molar-refractivity contribution in [3.8, 4) is 0 Å². The number of carboxylic acid groups (broad SMARTS) is 1. The molecule has 1 fully saturated rings. The molecule has 0 bridgehead atoms. The predicted octanol–water partition coefficient (Wildman–Crippen LogP) is 2.05. The highest BCUT2D eigenvalue weighted by atomic mass is 19.3. The smallest absolute Gasteiger partial charge is 0.338 e. The zero-order valence-electron chi connectivity index (χ0n) is 19.3. The minimum Gasteiger partial charge on any atom is -0.480 e. The number of amidine groups is 1. The number of aromatic nitrogens is 2. The third-order valence-corrected chi connectivity index (χ3v) is 6.24. The molecule has 2 unspecified atom stereocenters. The van der Waals surface area contributed by atoms with Crippen LogP contribution in [0.5, 0.6) is 0 Å². The quantitative estimate of drug-likeness (QED) is 0.596. The van der Waals surface area contributed by atoms with Gasteiger partial charge >= 0.3 is 11.9 Å². The molecule has 1 saturated heterocycles. The van der Waals surface area contributed by atoms with Crippen LogP contribution >= 0.6 is 0 Å². The maximum atomic E-state index is 14.2. The van der Waals surface area contributed by atoms with E-state index >= 15 is 0 Å². The van der Waals surface area contributed by atoms with E-state index < -0.39 is 48.2 Å². The monoisotopic (exact) mass is 491 g/mol. The molecule has 2 aliphatic rings. The summed E-state index contributed by atoms with van der Waals surface area (Å²) in [6, 6.07) is 3.91. The highest BCUT2D eigenvalue weighted by Crippen LogP contribution is 2.40. The van der Waals surface area contributed by atoms with E-state index in [0.717, 1.165) is 4.90 Å². The van der Waals surface area contributed by atoms with Crippen molar-refractivity contribution in [2.24, 2.45) is 12.0 Å². The number of hydrogen-bond acceptors (Lipinski definition) is 7. The molecule has 9 nitrogen and oxygen atoms in total. The second-order valence-electron chi connectivity index (χ2n) is 8.69. The molecule has 35 heavy (non-hydrogen) atoms. The van der Waals surface area contributed by atoms with Crippen LogP contribution in [0.2, 0.25) is 0 Å². The van der Waals surface area contributed by atoms with E-state index in [-0.39, 0.29) is 23.7 Å². The lowest BCUT2D eigenvalue weighted by atomic mass is 9.82. The zero-order chi connectivity index (χ0) is 25.5. The average molecular weight is 491 g/mol. The van der Waals surface area contributed by atoms with E-state index in [2.05, 4.69) is 10.3 Å². The summed E-state index contributed by atoms with van der Waals surface area (Å²) in [5, 5.41) is 12.5. The maximum absolute atomic E-state index is 14.2. The van der Waals surface area contributed by atoms with Gasteiger partial charge in [0.05, 0.1) is 19.2 Å². The number of likely N-dealkylation sites (tertiary alicyclic amines) is 1. The first kappa shape index (κ1) is 24.5. The maximum Gasteiger partial charge on any atom is 0.338 e. The number of aliphatic carboxylic acids is 1. The number of nitrogens with zero attached hydrogens (tertiary/aromatic N) is 4. The Morgan fingerprint density at radius 2 is 1.97 bits per heavy atom. The van der Waals surface area contributed by atoms with Crippen LogP contribution in [0.25, 0.3) is 0 Å². The zero-order valence-corrected chi connectivity index (χ0v) is 19.3. The van der Waals surface area contributed by atoms with Gasteiger partial charge in [0.25, 0.3) is 5.92 Å². The van der Waals surface area contributed by atoms with Crippen LogP contribution in [-0.2, 0) is 26.9 Å². The van der Waals surface area contributed by atoms with Gasteiger partial charge in [0, 0.05) is 38.1 Å². The van der Waals surface area contributed by atoms with E-state index in [0.29, 0.717) is 11.4 Å². The molecular weight excluding hydrogens is 467 g/mol. The number of esters is 1. The molecule has 0 spiro atoms. The Morgan fingerprint density at radius 3 is 2.54 bits per heavy atom. The first-order valence-corrected chi connectivity index (χ1v) is 10.7. The number of methoxy groups -OCH3 is 1. The largest absolute Gasteiger partial charge is 0.480 e. The third-order valence-electron chi connectivity index (χ3n) is 6.24. The summed E-state index contributed by atoms with van der Waals surface area (Å²) in [6.07, 6.45) is 2.36. The average Bonchev–Trinajstić information content (AvgIpc) is 3.35. The topological polar surface area (TPSA) is 109 Å². The number of aliphatic imine (C=N–C) groups is 1. The van der Waals surface area contributed by atoms with Crippen molar-refractivity contribution in [1.82, 2.24) is 19.8 Å². The number of nitrogens with one attached hydrogen (secondary N) is 1. The van der Waals surface area contributed by atoms with Gasteiger partial charge in [0.15, 0.2) is 11.7 Å². The molecule has 1 aromatic heterocycles. The molecule has 1 aromatic carbocycles.